The van der Waals surface area contributed by atoms with E-state index in [-0.39, 0.29) is 6.03 Å². The second-order valence-corrected chi connectivity index (χ2v) is 6.12. The maximum Gasteiger partial charge on any atom is 0.322 e. The maximum absolute atomic E-state index is 12.6. The minimum Gasteiger partial charge on any atom is -0.496 e. The molecule has 5 heteroatoms. The van der Waals surface area contributed by atoms with E-state index in [1.807, 2.05) is 18.2 Å². The molecule has 0 aromatic heterocycles. The molecule has 0 spiro atoms. The minimum absolute atomic E-state index is 0.108. The Morgan fingerprint density at radius 1 is 1.35 bits per heavy atom. The number of hydrogen-bond donors (Lipinski definition) is 1. The van der Waals surface area contributed by atoms with Gasteiger partial charge in [-0.15, -0.1) is 0 Å². The number of benzene rings is 2. The summed E-state index contributed by atoms with van der Waals surface area (Å²) >= 11 is 6.02. The van der Waals surface area contributed by atoms with Gasteiger partial charge in [0, 0.05) is 35.3 Å². The molecule has 4 nitrogen and oxygen atoms in total. The number of anilines is 1. The molecule has 120 valence electrons. The molecule has 2 amide bonds. The Hall–Kier alpha value is -2.20. The number of para-hydroxylation sites is 1. The Morgan fingerprint density at radius 3 is 2.91 bits per heavy atom. The summed E-state index contributed by atoms with van der Waals surface area (Å²) in [6.07, 6.45) is 0. The summed E-state index contributed by atoms with van der Waals surface area (Å²) < 4.78 is 5.31. The second-order valence-electron chi connectivity index (χ2n) is 5.69. The Balaban J connectivity index is 1.73. The van der Waals surface area contributed by atoms with E-state index >= 15 is 0 Å². The molecule has 1 heterocycles. The first kappa shape index (κ1) is 15.7. The van der Waals surface area contributed by atoms with Crippen molar-refractivity contribution < 1.29 is 9.53 Å². The Labute approximate surface area is 141 Å². The lowest BCUT2D eigenvalue weighted by Crippen LogP contribution is -2.38. The number of rotatable bonds is 3. The number of carbonyl (C=O) groups is 1. The number of nitrogens with zero attached hydrogens (tertiary/aromatic N) is 1. The molecule has 0 aliphatic carbocycles. The van der Waals surface area contributed by atoms with Crippen LogP contribution >= 0.6 is 11.6 Å². The van der Waals surface area contributed by atoms with Crippen molar-refractivity contribution in [1.82, 2.24) is 5.32 Å². The molecule has 0 saturated carbocycles. The topological polar surface area (TPSA) is 41.6 Å². The molecule has 1 aliphatic rings. The fraction of sp³-hybridized carbons (Fsp3) is 0.278. The third-order valence-electron chi connectivity index (χ3n) is 4.13. The Bertz CT molecular complexity index is 733. The van der Waals surface area contributed by atoms with Crippen molar-refractivity contribution >= 4 is 23.3 Å². The van der Waals surface area contributed by atoms with Gasteiger partial charge in [0.15, 0.2) is 0 Å². The first-order valence-corrected chi connectivity index (χ1v) is 7.94. The fourth-order valence-electron chi connectivity index (χ4n) is 2.96. The molecule has 0 bridgehead atoms. The van der Waals surface area contributed by atoms with Gasteiger partial charge in [0.05, 0.1) is 7.11 Å². The van der Waals surface area contributed by atoms with E-state index < -0.39 is 0 Å². The van der Waals surface area contributed by atoms with Gasteiger partial charge in [0.25, 0.3) is 0 Å². The van der Waals surface area contributed by atoms with Crippen LogP contribution in [0.25, 0.3) is 0 Å². The maximum atomic E-state index is 12.6. The average molecular weight is 331 g/mol. The number of carbonyl (C=O) groups excluding carboxylic acids is 1. The zero-order valence-corrected chi connectivity index (χ0v) is 13.9. The van der Waals surface area contributed by atoms with Gasteiger partial charge in [-0.05, 0) is 29.8 Å². The Morgan fingerprint density at radius 2 is 2.13 bits per heavy atom. The number of halogens is 1. The molecule has 0 fully saturated rings. The van der Waals surface area contributed by atoms with Gasteiger partial charge in [-0.1, -0.05) is 36.7 Å². The van der Waals surface area contributed by atoms with Crippen LogP contribution in [0.1, 0.15) is 24.0 Å². The number of methoxy groups -OCH3 is 1. The average Bonchev–Trinajstić information content (AvgIpc) is 2.90. The number of ether oxygens (including phenoxy) is 1. The fourth-order valence-corrected chi connectivity index (χ4v) is 3.16. The quantitative estimate of drug-likeness (QED) is 0.917. The van der Waals surface area contributed by atoms with Gasteiger partial charge in [0.2, 0.25) is 0 Å². The number of amides is 2. The molecule has 2 aromatic rings. The normalized spacial score (nSPS) is 16.1. The summed E-state index contributed by atoms with van der Waals surface area (Å²) in [6.45, 7) is 3.19. The minimum atomic E-state index is -0.108. The second kappa shape index (κ2) is 6.50. The first-order valence-electron chi connectivity index (χ1n) is 7.57. The van der Waals surface area contributed by atoms with Gasteiger partial charge in [-0.25, -0.2) is 4.79 Å². The summed E-state index contributed by atoms with van der Waals surface area (Å²) in [4.78, 5) is 14.3. The zero-order chi connectivity index (χ0) is 16.4. The van der Waals surface area contributed by atoms with Crippen LogP contribution in [-0.4, -0.2) is 19.7 Å². The van der Waals surface area contributed by atoms with Crippen LogP contribution in [0, 0.1) is 0 Å². The lowest BCUT2D eigenvalue weighted by molar-refractivity contribution is 0.246. The molecule has 23 heavy (non-hydrogen) atoms. The van der Waals surface area contributed by atoms with Crippen LogP contribution < -0.4 is 15.0 Å². The van der Waals surface area contributed by atoms with Gasteiger partial charge in [-0.2, -0.15) is 0 Å². The summed E-state index contributed by atoms with van der Waals surface area (Å²) in [5.74, 6) is 1.06. The third kappa shape index (κ3) is 3.13. The van der Waals surface area contributed by atoms with Crippen LogP contribution in [-0.2, 0) is 6.54 Å². The van der Waals surface area contributed by atoms with E-state index in [9.17, 15) is 4.79 Å². The number of nitrogens with one attached hydrogen (secondary N) is 1. The van der Waals surface area contributed by atoms with Gasteiger partial charge < -0.3 is 10.1 Å². The lowest BCUT2D eigenvalue weighted by Gasteiger charge is -2.19. The highest BCUT2D eigenvalue weighted by molar-refractivity contribution is 6.30. The highest BCUT2D eigenvalue weighted by Crippen LogP contribution is 2.35. The smallest absolute Gasteiger partial charge is 0.322 e. The van der Waals surface area contributed by atoms with Gasteiger partial charge in [-0.3, -0.25) is 4.90 Å². The Kier molecular flexibility index (Phi) is 4.44. The summed E-state index contributed by atoms with van der Waals surface area (Å²) in [5.41, 5.74) is 3.05. The van der Waals surface area contributed by atoms with Crippen molar-refractivity contribution in [3.05, 3.63) is 58.6 Å². The van der Waals surface area contributed by atoms with E-state index in [0.717, 1.165) is 11.3 Å². The predicted octanol–water partition coefficient (Wildman–Crippen LogP) is 4.18. The van der Waals surface area contributed by atoms with Crippen molar-refractivity contribution in [2.45, 2.75) is 19.4 Å². The lowest BCUT2D eigenvalue weighted by atomic mass is 10.0. The summed E-state index contributed by atoms with van der Waals surface area (Å²) in [6, 6.07) is 13.3. The molecular formula is C18H19ClN2O2. The van der Waals surface area contributed by atoms with Crippen molar-refractivity contribution in [3.8, 4) is 5.75 Å². The monoisotopic (exact) mass is 330 g/mol. The largest absolute Gasteiger partial charge is 0.496 e. The van der Waals surface area contributed by atoms with Crippen molar-refractivity contribution in [1.29, 1.82) is 0 Å². The SMILES string of the molecule is COc1ccc(Cl)cc1CNC(=O)N1CC(C)c2ccccc21. The molecular weight excluding hydrogens is 312 g/mol. The van der Waals surface area contributed by atoms with Crippen molar-refractivity contribution in [3.63, 3.8) is 0 Å². The standard InChI is InChI=1S/C18H19ClN2O2/c1-12-11-21(16-6-4-3-5-15(12)16)18(22)20-10-13-9-14(19)7-8-17(13)23-2/h3-9,12H,10-11H2,1-2H3,(H,20,22). The van der Waals surface area contributed by atoms with Crippen LogP contribution in [0.3, 0.4) is 0 Å². The molecule has 0 saturated heterocycles. The molecule has 3 rings (SSSR count). The van der Waals surface area contributed by atoms with Crippen molar-refractivity contribution in [2.24, 2.45) is 0 Å². The molecule has 1 atom stereocenters. The zero-order valence-electron chi connectivity index (χ0n) is 13.2. The van der Waals surface area contributed by atoms with E-state index in [2.05, 4.69) is 18.3 Å². The van der Waals surface area contributed by atoms with Crippen LogP contribution in [0.5, 0.6) is 5.75 Å². The van der Waals surface area contributed by atoms with E-state index in [1.54, 1.807) is 30.2 Å². The highest BCUT2D eigenvalue weighted by Gasteiger charge is 2.29. The summed E-state index contributed by atoms with van der Waals surface area (Å²) in [5, 5.41) is 3.57. The van der Waals surface area contributed by atoms with E-state index in [0.29, 0.717) is 29.8 Å². The molecule has 2 aromatic carbocycles. The molecule has 1 N–H and O–H groups in total. The third-order valence-corrected chi connectivity index (χ3v) is 4.37. The molecule has 1 aliphatic heterocycles. The van der Waals surface area contributed by atoms with Crippen LogP contribution in [0.15, 0.2) is 42.5 Å². The van der Waals surface area contributed by atoms with E-state index in [1.165, 1.54) is 5.56 Å². The predicted molar refractivity (Wildman–Crippen MR) is 92.4 cm³/mol. The molecule has 0 radical (unpaired) electrons. The summed E-state index contributed by atoms with van der Waals surface area (Å²) in [7, 11) is 1.60. The molecule has 1 unspecified atom stereocenters. The number of urea groups is 1. The van der Waals surface area contributed by atoms with Gasteiger partial charge in [0.1, 0.15) is 5.75 Å². The van der Waals surface area contributed by atoms with Gasteiger partial charge >= 0.3 is 6.03 Å². The van der Waals surface area contributed by atoms with Crippen LogP contribution in [0.4, 0.5) is 10.5 Å². The van der Waals surface area contributed by atoms with E-state index in [4.69, 9.17) is 16.3 Å². The van der Waals surface area contributed by atoms with Crippen LogP contribution in [0.2, 0.25) is 5.02 Å². The number of fused-ring (bicyclic) bond motifs is 1. The van der Waals surface area contributed by atoms with Crippen molar-refractivity contribution in [2.75, 3.05) is 18.6 Å². The number of hydrogen-bond acceptors (Lipinski definition) is 2. The first-order chi connectivity index (χ1) is 11.1. The highest BCUT2D eigenvalue weighted by atomic mass is 35.5.